The van der Waals surface area contributed by atoms with E-state index in [9.17, 15) is 9.59 Å². The van der Waals surface area contributed by atoms with E-state index in [2.05, 4.69) is 15.6 Å². The molecule has 0 aliphatic heterocycles. The lowest BCUT2D eigenvalue weighted by atomic mass is 10.00. The molecule has 1 heterocycles. The summed E-state index contributed by atoms with van der Waals surface area (Å²) in [4.78, 5) is 26.7. The van der Waals surface area contributed by atoms with Gasteiger partial charge in [-0.05, 0) is 12.8 Å². The van der Waals surface area contributed by atoms with Crippen LogP contribution in [0.2, 0.25) is 0 Å². The number of carbonyl (C=O) groups excluding carboxylic acids is 1. The second-order valence-electron chi connectivity index (χ2n) is 4.09. The van der Waals surface area contributed by atoms with Crippen LogP contribution < -0.4 is 10.6 Å². The van der Waals surface area contributed by atoms with E-state index in [-0.39, 0.29) is 5.92 Å². The molecular weight excluding hydrogens is 254 g/mol. The number of amides is 2. The van der Waals surface area contributed by atoms with Gasteiger partial charge in [-0.3, -0.25) is 5.32 Å². The predicted molar refractivity (Wildman–Crippen MR) is 69.9 cm³/mol. The number of carbonyl (C=O) groups is 2. The quantitative estimate of drug-likeness (QED) is 0.764. The van der Waals surface area contributed by atoms with Gasteiger partial charge in [-0.15, -0.1) is 11.3 Å². The first-order valence-electron chi connectivity index (χ1n) is 5.66. The number of rotatable bonds is 5. The highest BCUT2D eigenvalue weighted by Gasteiger charge is 2.25. The van der Waals surface area contributed by atoms with Gasteiger partial charge in [0.1, 0.15) is 6.04 Å². The highest BCUT2D eigenvalue weighted by molar-refractivity contribution is 7.13. The van der Waals surface area contributed by atoms with Crippen LogP contribution in [0, 0.1) is 12.8 Å². The Bertz CT molecular complexity index is 433. The molecule has 1 aromatic heterocycles. The molecule has 1 rings (SSSR count). The van der Waals surface area contributed by atoms with Crippen molar-refractivity contribution in [2.45, 2.75) is 33.2 Å². The zero-order valence-electron chi connectivity index (χ0n) is 10.6. The second-order valence-corrected chi connectivity index (χ2v) is 4.95. The summed E-state index contributed by atoms with van der Waals surface area (Å²) in [5.41, 5.74) is 0.812. The molecule has 0 aliphatic rings. The van der Waals surface area contributed by atoms with Crippen LogP contribution in [0.1, 0.15) is 26.0 Å². The Labute approximate surface area is 109 Å². The molecule has 6 nitrogen and oxygen atoms in total. The van der Waals surface area contributed by atoms with Crippen molar-refractivity contribution in [1.82, 2.24) is 10.3 Å². The predicted octanol–water partition coefficient (Wildman–Crippen LogP) is 2.07. The monoisotopic (exact) mass is 271 g/mol. The van der Waals surface area contributed by atoms with Crippen molar-refractivity contribution in [2.24, 2.45) is 5.92 Å². The first kappa shape index (κ1) is 14.4. The third-order valence-electron chi connectivity index (χ3n) is 2.61. The van der Waals surface area contributed by atoms with Gasteiger partial charge in [-0.2, -0.15) is 0 Å². The van der Waals surface area contributed by atoms with Gasteiger partial charge in [0.2, 0.25) is 0 Å². The molecule has 1 aromatic rings. The summed E-state index contributed by atoms with van der Waals surface area (Å²) in [7, 11) is 0. The number of anilines is 1. The van der Waals surface area contributed by atoms with Gasteiger partial charge in [0.05, 0.1) is 5.69 Å². The fourth-order valence-corrected chi connectivity index (χ4v) is 2.05. The molecule has 0 spiro atoms. The largest absolute Gasteiger partial charge is 0.480 e. The van der Waals surface area contributed by atoms with Crippen LogP contribution in [0.25, 0.3) is 0 Å². The SMILES string of the molecule is CCC(C)C(NC(=O)Nc1nc(C)cs1)C(=O)O. The van der Waals surface area contributed by atoms with E-state index >= 15 is 0 Å². The molecule has 100 valence electrons. The molecule has 2 unspecified atom stereocenters. The van der Waals surface area contributed by atoms with E-state index in [0.717, 1.165) is 5.69 Å². The molecule has 2 atom stereocenters. The standard InChI is InChI=1S/C11H17N3O3S/c1-4-6(2)8(9(15)16)13-10(17)14-11-12-7(3)5-18-11/h5-6,8H,4H2,1-3H3,(H,15,16)(H2,12,13,14,17). The molecular formula is C11H17N3O3S. The number of hydrogen-bond acceptors (Lipinski definition) is 4. The summed E-state index contributed by atoms with van der Waals surface area (Å²) in [5.74, 6) is -1.17. The summed E-state index contributed by atoms with van der Waals surface area (Å²) in [5, 5.41) is 16.3. The molecule has 0 bridgehead atoms. The summed E-state index contributed by atoms with van der Waals surface area (Å²) < 4.78 is 0. The van der Waals surface area contributed by atoms with Crippen molar-refractivity contribution < 1.29 is 14.7 Å². The number of carboxylic acid groups (broad SMARTS) is 1. The molecule has 0 fully saturated rings. The molecule has 3 N–H and O–H groups in total. The zero-order valence-corrected chi connectivity index (χ0v) is 11.4. The van der Waals surface area contributed by atoms with Gasteiger partial charge in [0, 0.05) is 5.38 Å². The minimum absolute atomic E-state index is 0.133. The first-order valence-corrected chi connectivity index (χ1v) is 6.54. The molecule has 7 heteroatoms. The number of thiazole rings is 1. The van der Waals surface area contributed by atoms with Gasteiger partial charge >= 0.3 is 12.0 Å². The summed E-state index contributed by atoms with van der Waals surface area (Å²) in [6, 6.07) is -1.44. The van der Waals surface area contributed by atoms with E-state index < -0.39 is 18.0 Å². The molecule has 0 radical (unpaired) electrons. The fraction of sp³-hybridized carbons (Fsp3) is 0.545. The van der Waals surface area contributed by atoms with Crippen molar-refractivity contribution in [3.05, 3.63) is 11.1 Å². The normalized spacial score (nSPS) is 13.7. The minimum Gasteiger partial charge on any atom is -0.480 e. The Morgan fingerprint density at radius 2 is 2.22 bits per heavy atom. The van der Waals surface area contributed by atoms with Crippen LogP contribution in [0.4, 0.5) is 9.93 Å². The maximum atomic E-state index is 11.6. The van der Waals surface area contributed by atoms with E-state index in [1.165, 1.54) is 11.3 Å². The van der Waals surface area contributed by atoms with Gasteiger partial charge in [0.25, 0.3) is 0 Å². The lowest BCUT2D eigenvalue weighted by molar-refractivity contribution is -0.140. The van der Waals surface area contributed by atoms with Crippen LogP contribution in [0.15, 0.2) is 5.38 Å². The Hall–Kier alpha value is -1.63. The van der Waals surface area contributed by atoms with E-state index in [1.54, 1.807) is 12.3 Å². The van der Waals surface area contributed by atoms with Crippen molar-refractivity contribution in [1.29, 1.82) is 0 Å². The Balaban J connectivity index is 2.59. The fourth-order valence-electron chi connectivity index (χ4n) is 1.37. The number of carboxylic acids is 1. The molecule has 0 aliphatic carbocycles. The summed E-state index contributed by atoms with van der Waals surface area (Å²) in [6.45, 7) is 5.48. The molecule has 0 saturated carbocycles. The number of nitrogens with one attached hydrogen (secondary N) is 2. The van der Waals surface area contributed by atoms with Gasteiger partial charge in [-0.25, -0.2) is 14.6 Å². The lowest BCUT2D eigenvalue weighted by Gasteiger charge is -2.19. The highest BCUT2D eigenvalue weighted by Crippen LogP contribution is 2.14. The maximum absolute atomic E-state index is 11.6. The minimum atomic E-state index is -1.03. The van der Waals surface area contributed by atoms with Crippen LogP contribution >= 0.6 is 11.3 Å². The Kier molecular flexibility index (Phi) is 5.08. The van der Waals surface area contributed by atoms with Gasteiger partial charge in [0.15, 0.2) is 5.13 Å². The molecule has 2 amide bonds. The zero-order chi connectivity index (χ0) is 13.7. The first-order chi connectivity index (χ1) is 8.43. The van der Waals surface area contributed by atoms with Crippen LogP contribution in [0.3, 0.4) is 0 Å². The Morgan fingerprint density at radius 1 is 1.56 bits per heavy atom. The van der Waals surface area contributed by atoms with Crippen molar-refractivity contribution in [3.63, 3.8) is 0 Å². The van der Waals surface area contributed by atoms with Crippen LogP contribution in [-0.4, -0.2) is 28.1 Å². The molecule has 0 saturated heterocycles. The van der Waals surface area contributed by atoms with Crippen molar-refractivity contribution in [3.8, 4) is 0 Å². The topological polar surface area (TPSA) is 91.3 Å². The maximum Gasteiger partial charge on any atom is 0.326 e. The number of aryl methyl sites for hydroxylation is 1. The van der Waals surface area contributed by atoms with Gasteiger partial charge < -0.3 is 10.4 Å². The van der Waals surface area contributed by atoms with Crippen LogP contribution in [0.5, 0.6) is 0 Å². The number of nitrogens with zero attached hydrogens (tertiary/aromatic N) is 1. The van der Waals surface area contributed by atoms with Crippen LogP contribution in [-0.2, 0) is 4.79 Å². The molecule has 18 heavy (non-hydrogen) atoms. The second kappa shape index (κ2) is 6.34. The highest BCUT2D eigenvalue weighted by atomic mass is 32.1. The van der Waals surface area contributed by atoms with Crippen molar-refractivity contribution in [2.75, 3.05) is 5.32 Å². The average molecular weight is 271 g/mol. The summed E-state index contributed by atoms with van der Waals surface area (Å²) >= 11 is 1.30. The number of urea groups is 1. The smallest absolute Gasteiger partial charge is 0.326 e. The third-order valence-corrected chi connectivity index (χ3v) is 3.48. The number of aromatic nitrogens is 1. The van der Waals surface area contributed by atoms with Crippen molar-refractivity contribution >= 4 is 28.5 Å². The average Bonchev–Trinajstić information content (AvgIpc) is 2.70. The summed E-state index contributed by atoms with van der Waals surface area (Å²) in [6.07, 6.45) is 0.674. The Morgan fingerprint density at radius 3 is 2.67 bits per heavy atom. The van der Waals surface area contributed by atoms with E-state index in [1.807, 2.05) is 13.8 Å². The van der Waals surface area contributed by atoms with Gasteiger partial charge in [-0.1, -0.05) is 20.3 Å². The lowest BCUT2D eigenvalue weighted by Crippen LogP contribution is -2.46. The number of aliphatic carboxylic acids is 1. The molecule has 0 aromatic carbocycles. The van der Waals surface area contributed by atoms with E-state index in [0.29, 0.717) is 11.6 Å². The number of hydrogen-bond donors (Lipinski definition) is 3. The third kappa shape index (κ3) is 3.99. The van der Waals surface area contributed by atoms with E-state index in [4.69, 9.17) is 5.11 Å².